The largest absolute Gasteiger partial charge is 0.300 e. The molecule has 0 N–H and O–H groups in total. The number of halogens is 1. The van der Waals surface area contributed by atoms with Crippen molar-refractivity contribution in [3.8, 4) is 0 Å². The monoisotopic (exact) mass is 255 g/mol. The molecule has 0 radical (unpaired) electrons. The summed E-state index contributed by atoms with van der Waals surface area (Å²) in [6, 6.07) is 4.54. The molecule has 0 aliphatic carbocycles. The van der Waals surface area contributed by atoms with Gasteiger partial charge in [0, 0.05) is 29.5 Å². The number of nitro benzene ring substituents is 1. The maximum atomic E-state index is 11.4. The molecular formula is C12H14ClNO3. The first-order chi connectivity index (χ1) is 8.04. The molecule has 0 saturated carbocycles. The molecule has 1 rings (SSSR count). The number of nitrogens with zero attached hydrogens (tertiary/aromatic N) is 1. The minimum atomic E-state index is -0.467. The summed E-state index contributed by atoms with van der Waals surface area (Å²) in [7, 11) is 0. The second-order valence-electron chi connectivity index (χ2n) is 3.82. The molecule has 5 heteroatoms. The predicted molar refractivity (Wildman–Crippen MR) is 66.3 cm³/mol. The van der Waals surface area contributed by atoms with Crippen LogP contribution in [0.2, 0.25) is 5.02 Å². The zero-order valence-corrected chi connectivity index (χ0v) is 10.4. The molecule has 0 bridgehead atoms. The maximum absolute atomic E-state index is 11.4. The quantitative estimate of drug-likeness (QED) is 0.577. The molecule has 1 aromatic carbocycles. The van der Waals surface area contributed by atoms with E-state index in [2.05, 4.69) is 0 Å². The normalized spacial score (nSPS) is 10.2. The molecule has 0 atom stereocenters. The highest BCUT2D eigenvalue weighted by molar-refractivity contribution is 6.30. The van der Waals surface area contributed by atoms with E-state index in [-0.39, 0.29) is 11.5 Å². The summed E-state index contributed by atoms with van der Waals surface area (Å²) in [5.41, 5.74) is 0.547. The summed E-state index contributed by atoms with van der Waals surface area (Å²) in [4.78, 5) is 21.7. The Kier molecular flexibility index (Phi) is 5.10. The lowest BCUT2D eigenvalue weighted by atomic mass is 10.0. The first-order valence-corrected chi connectivity index (χ1v) is 5.87. The van der Waals surface area contributed by atoms with Crippen molar-refractivity contribution in [2.75, 3.05) is 0 Å². The van der Waals surface area contributed by atoms with Crippen LogP contribution in [0.5, 0.6) is 0 Å². The Hall–Kier alpha value is -1.42. The van der Waals surface area contributed by atoms with Gasteiger partial charge in [-0.2, -0.15) is 0 Å². The first-order valence-electron chi connectivity index (χ1n) is 5.49. The second-order valence-corrected chi connectivity index (χ2v) is 4.26. The summed E-state index contributed by atoms with van der Waals surface area (Å²) in [6.45, 7) is 1.93. The lowest BCUT2D eigenvalue weighted by molar-refractivity contribution is -0.385. The third-order valence-electron chi connectivity index (χ3n) is 2.45. The van der Waals surface area contributed by atoms with Crippen LogP contribution in [0.3, 0.4) is 0 Å². The Bertz CT molecular complexity index is 432. The third-order valence-corrected chi connectivity index (χ3v) is 2.68. The van der Waals surface area contributed by atoms with Gasteiger partial charge in [0.05, 0.1) is 4.92 Å². The van der Waals surface area contributed by atoms with Gasteiger partial charge in [-0.15, -0.1) is 0 Å². The number of carbonyl (C=O) groups is 1. The topological polar surface area (TPSA) is 60.2 Å². The van der Waals surface area contributed by atoms with Crippen LogP contribution < -0.4 is 0 Å². The van der Waals surface area contributed by atoms with Gasteiger partial charge in [-0.05, 0) is 18.9 Å². The molecule has 17 heavy (non-hydrogen) atoms. The lowest BCUT2D eigenvalue weighted by Gasteiger charge is -2.03. The Balaban J connectivity index is 2.77. The van der Waals surface area contributed by atoms with Crippen LogP contribution in [0.4, 0.5) is 5.69 Å². The highest BCUT2D eigenvalue weighted by Crippen LogP contribution is 2.24. The van der Waals surface area contributed by atoms with Crippen molar-refractivity contribution >= 4 is 23.1 Å². The van der Waals surface area contributed by atoms with Crippen LogP contribution >= 0.6 is 11.6 Å². The Morgan fingerprint density at radius 1 is 1.41 bits per heavy atom. The van der Waals surface area contributed by atoms with Gasteiger partial charge in [0.2, 0.25) is 0 Å². The van der Waals surface area contributed by atoms with E-state index in [1.165, 1.54) is 6.07 Å². The van der Waals surface area contributed by atoms with E-state index in [0.29, 0.717) is 29.8 Å². The zero-order valence-electron chi connectivity index (χ0n) is 9.61. The van der Waals surface area contributed by atoms with Crippen molar-refractivity contribution in [2.24, 2.45) is 0 Å². The van der Waals surface area contributed by atoms with Gasteiger partial charge in [0.25, 0.3) is 5.69 Å². The van der Waals surface area contributed by atoms with Crippen LogP contribution in [0, 0.1) is 10.1 Å². The minimum Gasteiger partial charge on any atom is -0.300 e. The summed E-state index contributed by atoms with van der Waals surface area (Å²) in [5.74, 6) is 0.136. The van der Waals surface area contributed by atoms with E-state index in [0.717, 1.165) is 6.42 Å². The maximum Gasteiger partial charge on any atom is 0.274 e. The van der Waals surface area contributed by atoms with Gasteiger partial charge in [0.15, 0.2) is 0 Å². The van der Waals surface area contributed by atoms with E-state index >= 15 is 0 Å². The fourth-order valence-corrected chi connectivity index (χ4v) is 1.76. The summed E-state index contributed by atoms with van der Waals surface area (Å²) in [6.07, 6.45) is 2.07. The second kappa shape index (κ2) is 6.35. The molecule has 0 unspecified atom stereocenters. The Morgan fingerprint density at radius 3 is 2.71 bits per heavy atom. The van der Waals surface area contributed by atoms with Crippen molar-refractivity contribution in [1.29, 1.82) is 0 Å². The molecule has 0 aliphatic heterocycles. The fraction of sp³-hybridized carbons (Fsp3) is 0.417. The number of aryl methyl sites for hydroxylation is 1. The van der Waals surface area contributed by atoms with Crippen molar-refractivity contribution in [2.45, 2.75) is 32.6 Å². The standard InChI is InChI=1S/C12H14ClNO3/c1-2-3-11(15)7-5-9-4-6-10(13)8-12(9)14(16)17/h4,6,8H,2-3,5,7H2,1H3. The van der Waals surface area contributed by atoms with Crippen LogP contribution in [0.25, 0.3) is 0 Å². The molecule has 0 fully saturated rings. The van der Waals surface area contributed by atoms with Gasteiger partial charge in [-0.1, -0.05) is 24.6 Å². The highest BCUT2D eigenvalue weighted by atomic mass is 35.5. The molecule has 1 aromatic rings. The van der Waals surface area contributed by atoms with E-state index in [1.807, 2.05) is 6.92 Å². The summed E-state index contributed by atoms with van der Waals surface area (Å²) < 4.78 is 0. The van der Waals surface area contributed by atoms with Crippen molar-refractivity contribution in [1.82, 2.24) is 0 Å². The molecule has 92 valence electrons. The molecule has 0 spiro atoms. The van der Waals surface area contributed by atoms with Gasteiger partial charge in [-0.25, -0.2) is 0 Å². The number of hydrogen-bond donors (Lipinski definition) is 0. The summed E-state index contributed by atoms with van der Waals surface area (Å²) in [5, 5.41) is 11.1. The van der Waals surface area contributed by atoms with Gasteiger partial charge < -0.3 is 0 Å². The van der Waals surface area contributed by atoms with Crippen LogP contribution in [-0.4, -0.2) is 10.7 Å². The average molecular weight is 256 g/mol. The van der Waals surface area contributed by atoms with Crippen LogP contribution in [0.1, 0.15) is 31.7 Å². The molecular weight excluding hydrogens is 242 g/mol. The van der Waals surface area contributed by atoms with E-state index < -0.39 is 4.92 Å². The number of carbonyl (C=O) groups excluding carboxylic acids is 1. The predicted octanol–water partition coefficient (Wildman–Crippen LogP) is 3.55. The number of Topliss-reactive ketones (excluding diaryl/α,β-unsaturated/α-hetero) is 1. The Labute approximate surface area is 105 Å². The number of nitro groups is 1. The third kappa shape index (κ3) is 4.15. The smallest absolute Gasteiger partial charge is 0.274 e. The molecule has 0 saturated heterocycles. The van der Waals surface area contributed by atoms with Crippen molar-refractivity contribution in [3.63, 3.8) is 0 Å². The molecule has 0 aliphatic rings. The van der Waals surface area contributed by atoms with E-state index in [1.54, 1.807) is 12.1 Å². The van der Waals surface area contributed by atoms with Gasteiger partial charge in [0.1, 0.15) is 5.78 Å². The number of benzene rings is 1. The summed E-state index contributed by atoms with van der Waals surface area (Å²) >= 11 is 5.70. The molecule has 4 nitrogen and oxygen atoms in total. The van der Waals surface area contributed by atoms with Crippen molar-refractivity contribution < 1.29 is 9.72 Å². The van der Waals surface area contributed by atoms with Crippen LogP contribution in [-0.2, 0) is 11.2 Å². The van der Waals surface area contributed by atoms with Gasteiger partial charge in [-0.3, -0.25) is 14.9 Å². The lowest BCUT2D eigenvalue weighted by Crippen LogP contribution is -2.02. The average Bonchev–Trinajstić information content (AvgIpc) is 2.27. The Morgan fingerprint density at radius 2 is 2.12 bits per heavy atom. The molecule has 0 amide bonds. The first kappa shape index (κ1) is 13.6. The number of rotatable bonds is 6. The molecule has 0 heterocycles. The minimum absolute atomic E-state index is 0.0122. The van der Waals surface area contributed by atoms with E-state index in [4.69, 9.17) is 11.6 Å². The van der Waals surface area contributed by atoms with Crippen LogP contribution in [0.15, 0.2) is 18.2 Å². The van der Waals surface area contributed by atoms with Crippen molar-refractivity contribution in [3.05, 3.63) is 38.9 Å². The fourth-order valence-electron chi connectivity index (χ4n) is 1.60. The number of ketones is 1. The number of hydrogen-bond acceptors (Lipinski definition) is 3. The SMILES string of the molecule is CCCC(=O)CCc1ccc(Cl)cc1[N+](=O)[O-]. The molecule has 0 aromatic heterocycles. The van der Waals surface area contributed by atoms with Gasteiger partial charge >= 0.3 is 0 Å². The zero-order chi connectivity index (χ0) is 12.8. The van der Waals surface area contributed by atoms with E-state index in [9.17, 15) is 14.9 Å². The highest BCUT2D eigenvalue weighted by Gasteiger charge is 2.14.